The van der Waals surface area contributed by atoms with Crippen LogP contribution in [0.2, 0.25) is 0 Å². The maximum absolute atomic E-state index is 11.6. The first kappa shape index (κ1) is 26.0. The topological polar surface area (TPSA) is 93.1 Å². The Hall–Kier alpha value is -4.58. The summed E-state index contributed by atoms with van der Waals surface area (Å²) in [5, 5.41) is 21.8. The molecule has 6 nitrogen and oxygen atoms in total. The number of esters is 2. The molecule has 0 aliphatic heterocycles. The SMILES string of the molecule is CC(=O)OCc1cc(C2(c3cc(C)c(O)c(COC(C)=O)c3)c3ccccc3-c3ccccc32)cc(C)c1O. The van der Waals surface area contributed by atoms with Crippen LogP contribution in [0.1, 0.15) is 58.4 Å². The lowest BCUT2D eigenvalue weighted by atomic mass is 9.66. The number of hydrogen-bond donors (Lipinski definition) is 2. The Kier molecular flexibility index (Phi) is 6.64. The minimum atomic E-state index is -0.833. The van der Waals surface area contributed by atoms with Crippen molar-refractivity contribution < 1.29 is 29.3 Å². The van der Waals surface area contributed by atoms with Gasteiger partial charge in [-0.2, -0.15) is 0 Å². The third kappa shape index (κ3) is 4.32. The smallest absolute Gasteiger partial charge is 0.302 e. The van der Waals surface area contributed by atoms with Crippen LogP contribution in [0.25, 0.3) is 11.1 Å². The number of hydrogen-bond acceptors (Lipinski definition) is 6. The Morgan fingerprint density at radius 2 is 1.05 bits per heavy atom. The van der Waals surface area contributed by atoms with Crippen molar-refractivity contribution in [2.75, 3.05) is 0 Å². The van der Waals surface area contributed by atoms with Crippen molar-refractivity contribution in [3.8, 4) is 22.6 Å². The Morgan fingerprint density at radius 1 is 0.667 bits per heavy atom. The van der Waals surface area contributed by atoms with E-state index in [1.54, 1.807) is 0 Å². The van der Waals surface area contributed by atoms with Gasteiger partial charge in [-0.25, -0.2) is 0 Å². The highest BCUT2D eigenvalue weighted by Crippen LogP contribution is 2.57. The Bertz CT molecular complexity index is 1500. The summed E-state index contributed by atoms with van der Waals surface area (Å²) in [5.74, 6) is -0.722. The van der Waals surface area contributed by atoms with Gasteiger partial charge in [0.1, 0.15) is 24.7 Å². The quantitative estimate of drug-likeness (QED) is 0.258. The molecule has 198 valence electrons. The zero-order chi connectivity index (χ0) is 27.9. The summed E-state index contributed by atoms with van der Waals surface area (Å²) < 4.78 is 10.6. The molecule has 5 rings (SSSR count). The van der Waals surface area contributed by atoms with E-state index in [1.807, 2.05) is 62.4 Å². The second-order valence-corrected chi connectivity index (χ2v) is 10.0. The third-order valence-corrected chi connectivity index (χ3v) is 7.44. The second kappa shape index (κ2) is 9.95. The van der Waals surface area contributed by atoms with Crippen LogP contribution in [-0.2, 0) is 37.7 Å². The number of aryl methyl sites for hydroxylation is 2. The van der Waals surface area contributed by atoms with Crippen LogP contribution >= 0.6 is 0 Å². The highest BCUT2D eigenvalue weighted by molar-refractivity contribution is 5.86. The molecule has 0 spiro atoms. The van der Waals surface area contributed by atoms with Crippen LogP contribution in [-0.4, -0.2) is 22.2 Å². The van der Waals surface area contributed by atoms with E-state index in [0.717, 1.165) is 33.4 Å². The van der Waals surface area contributed by atoms with E-state index >= 15 is 0 Å². The van der Waals surface area contributed by atoms with Crippen LogP contribution < -0.4 is 0 Å². The summed E-state index contributed by atoms with van der Waals surface area (Å²) in [7, 11) is 0. The average Bonchev–Trinajstić information content (AvgIpc) is 3.21. The van der Waals surface area contributed by atoms with Gasteiger partial charge in [-0.15, -0.1) is 0 Å². The van der Waals surface area contributed by atoms with E-state index in [2.05, 4.69) is 24.3 Å². The lowest BCUT2D eigenvalue weighted by molar-refractivity contribution is -0.143. The number of aromatic hydroxyl groups is 2. The maximum Gasteiger partial charge on any atom is 0.302 e. The zero-order valence-corrected chi connectivity index (χ0v) is 22.4. The van der Waals surface area contributed by atoms with Gasteiger partial charge in [-0.3, -0.25) is 9.59 Å². The third-order valence-electron chi connectivity index (χ3n) is 7.44. The number of benzene rings is 4. The van der Waals surface area contributed by atoms with E-state index in [1.165, 1.54) is 13.8 Å². The number of carbonyl (C=O) groups is 2. The van der Waals surface area contributed by atoms with Crippen molar-refractivity contribution >= 4 is 11.9 Å². The Labute approximate surface area is 227 Å². The molecule has 0 bridgehead atoms. The molecule has 0 saturated carbocycles. The number of carbonyl (C=O) groups excluding carboxylic acids is 2. The van der Waals surface area contributed by atoms with Crippen LogP contribution in [0.15, 0.2) is 72.8 Å². The first-order valence-corrected chi connectivity index (χ1v) is 12.8. The molecule has 0 amide bonds. The van der Waals surface area contributed by atoms with Crippen molar-refractivity contribution in [2.24, 2.45) is 0 Å². The molecule has 0 heterocycles. The fourth-order valence-electron chi connectivity index (χ4n) is 5.74. The van der Waals surface area contributed by atoms with Crippen molar-refractivity contribution in [3.63, 3.8) is 0 Å². The van der Waals surface area contributed by atoms with Gasteiger partial charge in [0, 0.05) is 25.0 Å². The van der Waals surface area contributed by atoms with Gasteiger partial charge in [0.25, 0.3) is 0 Å². The largest absolute Gasteiger partial charge is 0.507 e. The number of rotatable bonds is 6. The fraction of sp³-hybridized carbons (Fsp3) is 0.212. The summed E-state index contributed by atoms with van der Waals surface area (Å²) in [6.07, 6.45) is 0. The molecule has 1 aliphatic carbocycles. The highest BCUT2D eigenvalue weighted by atomic mass is 16.5. The first-order chi connectivity index (χ1) is 18.6. The molecular formula is C33H30O6. The van der Waals surface area contributed by atoms with E-state index < -0.39 is 17.4 Å². The normalized spacial score (nSPS) is 12.9. The Morgan fingerprint density at radius 3 is 1.44 bits per heavy atom. The van der Waals surface area contributed by atoms with E-state index in [9.17, 15) is 19.8 Å². The fourth-order valence-corrected chi connectivity index (χ4v) is 5.74. The van der Waals surface area contributed by atoms with Gasteiger partial charge in [0.15, 0.2) is 0 Å². The maximum atomic E-state index is 11.6. The van der Waals surface area contributed by atoms with E-state index in [-0.39, 0.29) is 24.7 Å². The Balaban J connectivity index is 1.88. The van der Waals surface area contributed by atoms with Crippen LogP contribution in [0, 0.1) is 13.8 Å². The van der Waals surface area contributed by atoms with Gasteiger partial charge in [0.05, 0.1) is 5.41 Å². The molecule has 1 aliphatic rings. The van der Waals surface area contributed by atoms with Gasteiger partial charge in [-0.1, -0.05) is 60.7 Å². The van der Waals surface area contributed by atoms with Gasteiger partial charge in [0.2, 0.25) is 0 Å². The van der Waals surface area contributed by atoms with Gasteiger partial charge in [-0.05, 0) is 70.5 Å². The first-order valence-electron chi connectivity index (χ1n) is 12.8. The van der Waals surface area contributed by atoms with Gasteiger partial charge < -0.3 is 19.7 Å². The molecule has 39 heavy (non-hydrogen) atoms. The predicted molar refractivity (Wildman–Crippen MR) is 147 cm³/mol. The summed E-state index contributed by atoms with van der Waals surface area (Å²) in [5.41, 5.74) is 7.44. The van der Waals surface area contributed by atoms with Crippen molar-refractivity contribution in [1.29, 1.82) is 0 Å². The molecule has 0 fully saturated rings. The van der Waals surface area contributed by atoms with Crippen molar-refractivity contribution in [2.45, 2.75) is 46.3 Å². The minimum Gasteiger partial charge on any atom is -0.507 e. The van der Waals surface area contributed by atoms with Crippen LogP contribution in [0.3, 0.4) is 0 Å². The summed E-state index contributed by atoms with van der Waals surface area (Å²) >= 11 is 0. The van der Waals surface area contributed by atoms with Crippen LogP contribution in [0.5, 0.6) is 11.5 Å². The molecule has 0 aromatic heterocycles. The van der Waals surface area contributed by atoms with Crippen molar-refractivity contribution in [1.82, 2.24) is 0 Å². The molecule has 0 unspecified atom stereocenters. The summed E-state index contributed by atoms with van der Waals surface area (Å²) in [4.78, 5) is 23.2. The lowest BCUT2D eigenvalue weighted by Gasteiger charge is -2.35. The van der Waals surface area contributed by atoms with Crippen LogP contribution in [0.4, 0.5) is 0 Å². The van der Waals surface area contributed by atoms with E-state index in [4.69, 9.17) is 9.47 Å². The summed E-state index contributed by atoms with van der Waals surface area (Å²) in [6.45, 7) is 6.18. The van der Waals surface area contributed by atoms with E-state index in [0.29, 0.717) is 22.3 Å². The lowest BCUT2D eigenvalue weighted by Crippen LogP contribution is -2.29. The summed E-state index contributed by atoms with van der Waals surface area (Å²) in [6, 6.07) is 24.1. The number of ether oxygens (including phenoxy) is 2. The second-order valence-electron chi connectivity index (χ2n) is 10.0. The molecular weight excluding hydrogens is 492 g/mol. The molecule has 4 aromatic carbocycles. The van der Waals surface area contributed by atoms with Gasteiger partial charge >= 0.3 is 11.9 Å². The monoisotopic (exact) mass is 522 g/mol. The molecule has 4 aromatic rings. The molecule has 0 radical (unpaired) electrons. The van der Waals surface area contributed by atoms with Crippen molar-refractivity contribution in [3.05, 3.63) is 117 Å². The molecule has 6 heteroatoms. The minimum absolute atomic E-state index is 0.0679. The number of phenols is 2. The molecule has 0 atom stereocenters. The highest BCUT2D eigenvalue weighted by Gasteiger charge is 2.46. The molecule has 2 N–H and O–H groups in total. The zero-order valence-electron chi connectivity index (χ0n) is 22.4. The molecule has 0 saturated heterocycles. The standard InChI is InChI=1S/C33H30O6/c1-19-13-25(15-23(31(19)36)17-38-21(3)34)33(26-14-20(2)32(37)24(16-26)18-39-22(4)35)29-11-7-5-9-27(29)28-10-6-8-12-30(28)33/h5-16,36-37H,17-18H2,1-4H3. The average molecular weight is 523 g/mol. The predicted octanol–water partition coefficient (Wildman–Crippen LogP) is 6.20. The number of fused-ring (bicyclic) bond motifs is 3. The number of phenolic OH excluding ortho intramolecular Hbond substituents is 2.